The maximum absolute atomic E-state index is 9.89. The van der Waals surface area contributed by atoms with Crippen LogP contribution in [0.3, 0.4) is 0 Å². The number of pyridine rings is 1. The van der Waals surface area contributed by atoms with Crippen molar-refractivity contribution in [1.82, 2.24) is 4.98 Å². The van der Waals surface area contributed by atoms with E-state index in [1.54, 1.807) is 0 Å². The third-order valence-corrected chi connectivity index (χ3v) is 5.22. The molecule has 0 spiro atoms. The Morgan fingerprint density at radius 1 is 1.11 bits per heavy atom. The Labute approximate surface area is 159 Å². The summed E-state index contributed by atoms with van der Waals surface area (Å²) in [6, 6.07) is 14.6. The summed E-state index contributed by atoms with van der Waals surface area (Å²) in [5.41, 5.74) is 10.8. The summed E-state index contributed by atoms with van der Waals surface area (Å²) in [6.45, 7) is 2.73. The average Bonchev–Trinajstić information content (AvgIpc) is 2.71. The van der Waals surface area contributed by atoms with E-state index in [1.807, 2.05) is 18.2 Å². The highest BCUT2D eigenvalue weighted by Crippen LogP contribution is 2.44. The second kappa shape index (κ2) is 7.28. The van der Waals surface area contributed by atoms with Gasteiger partial charge in [0.25, 0.3) is 0 Å². The molecule has 0 aliphatic heterocycles. The highest BCUT2D eigenvalue weighted by Gasteiger charge is 2.25. The molecule has 0 fully saturated rings. The largest absolute Gasteiger partial charge is 0.493 e. The van der Waals surface area contributed by atoms with Gasteiger partial charge in [0.05, 0.1) is 6.61 Å². The van der Waals surface area contributed by atoms with Gasteiger partial charge in [0.15, 0.2) is 0 Å². The predicted octanol–water partition coefficient (Wildman–Crippen LogP) is 5.02. The van der Waals surface area contributed by atoms with Crippen molar-refractivity contribution in [3.05, 3.63) is 53.2 Å². The number of nitrogens with zero attached hydrogens (tertiary/aromatic N) is 2. The van der Waals surface area contributed by atoms with Crippen LogP contribution >= 0.6 is 0 Å². The number of nitrogens with two attached hydrogens (primary N) is 1. The van der Waals surface area contributed by atoms with Gasteiger partial charge in [0.2, 0.25) is 0 Å². The van der Waals surface area contributed by atoms with Crippen molar-refractivity contribution in [2.24, 2.45) is 0 Å². The molecule has 3 aromatic rings. The number of rotatable bonds is 4. The molecule has 27 heavy (non-hydrogen) atoms. The van der Waals surface area contributed by atoms with Crippen molar-refractivity contribution in [2.75, 3.05) is 12.3 Å². The summed E-state index contributed by atoms with van der Waals surface area (Å²) >= 11 is 0. The van der Waals surface area contributed by atoms with Crippen molar-refractivity contribution in [2.45, 2.75) is 39.0 Å². The molecule has 0 amide bonds. The van der Waals surface area contributed by atoms with Crippen LogP contribution in [-0.2, 0) is 12.8 Å². The Hall–Kier alpha value is -3.06. The lowest BCUT2D eigenvalue weighted by Crippen LogP contribution is -2.12. The molecule has 1 aromatic heterocycles. The van der Waals surface area contributed by atoms with Crippen LogP contribution in [-0.4, -0.2) is 11.6 Å². The molecule has 0 bridgehead atoms. The smallest absolute Gasteiger partial charge is 0.142 e. The molecule has 0 unspecified atom stereocenters. The van der Waals surface area contributed by atoms with Crippen LogP contribution in [0.5, 0.6) is 5.75 Å². The quantitative estimate of drug-likeness (QED) is 0.711. The minimum Gasteiger partial charge on any atom is -0.493 e. The average molecular weight is 357 g/mol. The fraction of sp³-hybridized carbons (Fsp3) is 0.304. The van der Waals surface area contributed by atoms with Crippen molar-refractivity contribution >= 4 is 16.6 Å². The van der Waals surface area contributed by atoms with Crippen LogP contribution < -0.4 is 10.5 Å². The molecular formula is C23H23N3O. The van der Waals surface area contributed by atoms with Gasteiger partial charge >= 0.3 is 0 Å². The molecule has 1 aliphatic carbocycles. The van der Waals surface area contributed by atoms with Gasteiger partial charge < -0.3 is 10.5 Å². The van der Waals surface area contributed by atoms with E-state index in [0.29, 0.717) is 18.0 Å². The molecule has 0 saturated heterocycles. The highest BCUT2D eigenvalue weighted by molar-refractivity contribution is 6.02. The van der Waals surface area contributed by atoms with Crippen LogP contribution in [0.15, 0.2) is 36.4 Å². The Balaban J connectivity index is 2.10. The number of hydrogen-bond acceptors (Lipinski definition) is 4. The molecule has 136 valence electrons. The zero-order chi connectivity index (χ0) is 18.8. The fourth-order valence-corrected chi connectivity index (χ4v) is 3.99. The first-order valence-electron chi connectivity index (χ1n) is 9.60. The van der Waals surface area contributed by atoms with Crippen molar-refractivity contribution in [1.29, 1.82) is 5.26 Å². The molecule has 4 heteroatoms. The SMILES string of the molecule is CCCOc1ccc2ccccc2c1-c1c(C#N)c(N)nc2c1CCCC2. The third-order valence-electron chi connectivity index (χ3n) is 5.22. The molecule has 2 aromatic carbocycles. The van der Waals surface area contributed by atoms with E-state index >= 15 is 0 Å². The summed E-state index contributed by atoms with van der Waals surface area (Å²) in [4.78, 5) is 4.56. The molecule has 4 nitrogen and oxygen atoms in total. The summed E-state index contributed by atoms with van der Waals surface area (Å²) in [5, 5.41) is 12.1. The summed E-state index contributed by atoms with van der Waals surface area (Å²) in [5.74, 6) is 1.13. The maximum atomic E-state index is 9.89. The van der Waals surface area contributed by atoms with Gasteiger partial charge in [-0.15, -0.1) is 0 Å². The number of nitriles is 1. The van der Waals surface area contributed by atoms with E-state index in [4.69, 9.17) is 10.5 Å². The topological polar surface area (TPSA) is 71.9 Å². The Bertz CT molecular complexity index is 1050. The number of anilines is 1. The first-order valence-corrected chi connectivity index (χ1v) is 9.60. The lowest BCUT2D eigenvalue weighted by molar-refractivity contribution is 0.319. The van der Waals surface area contributed by atoms with Crippen molar-refractivity contribution in [3.8, 4) is 22.9 Å². The molecular weight excluding hydrogens is 334 g/mol. The van der Waals surface area contributed by atoms with E-state index in [9.17, 15) is 5.26 Å². The Morgan fingerprint density at radius 3 is 2.74 bits per heavy atom. The van der Waals surface area contributed by atoms with Gasteiger partial charge in [-0.25, -0.2) is 4.98 Å². The molecule has 0 atom stereocenters. The van der Waals surface area contributed by atoms with Gasteiger partial charge in [0.1, 0.15) is 23.2 Å². The lowest BCUT2D eigenvalue weighted by Gasteiger charge is -2.23. The minimum atomic E-state index is 0.322. The molecule has 0 saturated carbocycles. The van der Waals surface area contributed by atoms with Crippen LogP contribution in [0.4, 0.5) is 5.82 Å². The molecule has 4 rings (SSSR count). The van der Waals surface area contributed by atoms with Crippen LogP contribution in [0.2, 0.25) is 0 Å². The van der Waals surface area contributed by atoms with E-state index in [0.717, 1.165) is 71.0 Å². The Morgan fingerprint density at radius 2 is 1.93 bits per heavy atom. The van der Waals surface area contributed by atoms with Crippen LogP contribution in [0.1, 0.15) is 43.0 Å². The predicted molar refractivity (Wildman–Crippen MR) is 109 cm³/mol. The number of aromatic nitrogens is 1. The second-order valence-corrected chi connectivity index (χ2v) is 7.00. The number of aryl methyl sites for hydroxylation is 1. The van der Waals surface area contributed by atoms with Gasteiger partial charge in [-0.05, 0) is 54.5 Å². The van der Waals surface area contributed by atoms with Gasteiger partial charge in [0, 0.05) is 16.8 Å². The number of ether oxygens (including phenoxy) is 1. The number of fused-ring (bicyclic) bond motifs is 2. The normalized spacial score (nSPS) is 13.2. The van der Waals surface area contributed by atoms with Crippen LogP contribution in [0, 0.1) is 11.3 Å². The summed E-state index contributed by atoms with van der Waals surface area (Å²) in [7, 11) is 0. The lowest BCUT2D eigenvalue weighted by atomic mass is 9.84. The minimum absolute atomic E-state index is 0.322. The standard InChI is InChI=1S/C23H23N3O/c1-2-13-27-20-12-11-15-7-3-4-8-16(15)22(20)21-17-9-5-6-10-19(17)26-23(25)18(21)14-24/h3-4,7-8,11-12H,2,5-6,9-10,13H2,1H3,(H2,25,26). The molecule has 1 heterocycles. The summed E-state index contributed by atoms with van der Waals surface area (Å²) in [6.07, 6.45) is 4.97. The van der Waals surface area contributed by atoms with E-state index in [-0.39, 0.29) is 0 Å². The van der Waals surface area contributed by atoms with Crippen molar-refractivity contribution < 1.29 is 4.74 Å². The first-order chi connectivity index (χ1) is 13.2. The fourth-order valence-electron chi connectivity index (χ4n) is 3.99. The van der Waals surface area contributed by atoms with E-state index in [1.165, 1.54) is 0 Å². The number of nitrogen functional groups attached to an aromatic ring is 1. The van der Waals surface area contributed by atoms with Crippen molar-refractivity contribution in [3.63, 3.8) is 0 Å². The van der Waals surface area contributed by atoms with E-state index in [2.05, 4.69) is 36.2 Å². The number of benzene rings is 2. The van der Waals surface area contributed by atoms with Gasteiger partial charge in [-0.3, -0.25) is 0 Å². The van der Waals surface area contributed by atoms with Crippen LogP contribution in [0.25, 0.3) is 21.9 Å². The molecule has 0 radical (unpaired) electrons. The summed E-state index contributed by atoms with van der Waals surface area (Å²) < 4.78 is 6.11. The number of hydrogen-bond donors (Lipinski definition) is 1. The van der Waals surface area contributed by atoms with E-state index < -0.39 is 0 Å². The monoisotopic (exact) mass is 357 g/mol. The highest BCUT2D eigenvalue weighted by atomic mass is 16.5. The second-order valence-electron chi connectivity index (χ2n) is 7.00. The Kier molecular flexibility index (Phi) is 4.68. The zero-order valence-electron chi connectivity index (χ0n) is 15.6. The van der Waals surface area contributed by atoms with Gasteiger partial charge in [-0.1, -0.05) is 37.3 Å². The molecule has 2 N–H and O–H groups in total. The first kappa shape index (κ1) is 17.4. The zero-order valence-corrected chi connectivity index (χ0v) is 15.6. The molecule has 1 aliphatic rings. The third kappa shape index (κ3) is 3.00. The maximum Gasteiger partial charge on any atom is 0.142 e. The van der Waals surface area contributed by atoms with Gasteiger partial charge in [-0.2, -0.15) is 5.26 Å².